The Kier molecular flexibility index (Phi) is 5.46. The normalized spacial score (nSPS) is 15.4. The van der Waals surface area contributed by atoms with Gasteiger partial charge in [0.2, 0.25) is 10.0 Å². The molecule has 1 saturated heterocycles. The van der Waals surface area contributed by atoms with E-state index in [-0.39, 0.29) is 23.7 Å². The minimum absolute atomic E-state index is 0.100. The molecule has 0 unspecified atom stereocenters. The van der Waals surface area contributed by atoms with E-state index in [1.807, 2.05) is 30.3 Å². The van der Waals surface area contributed by atoms with Crippen LogP contribution in [0.25, 0.3) is 11.0 Å². The Morgan fingerprint density at radius 3 is 2.57 bits per heavy atom. The minimum atomic E-state index is -3.82. The van der Waals surface area contributed by atoms with Crippen LogP contribution >= 0.6 is 0 Å². The second-order valence-corrected chi connectivity index (χ2v) is 8.97. The Morgan fingerprint density at radius 2 is 1.87 bits per heavy atom. The lowest BCUT2D eigenvalue weighted by atomic mass is 10.2. The van der Waals surface area contributed by atoms with Crippen molar-refractivity contribution in [1.29, 1.82) is 0 Å². The summed E-state index contributed by atoms with van der Waals surface area (Å²) >= 11 is 0. The van der Waals surface area contributed by atoms with Crippen molar-refractivity contribution in [3.8, 4) is 0 Å². The number of furan rings is 1. The predicted molar refractivity (Wildman–Crippen MR) is 111 cm³/mol. The Labute approximate surface area is 173 Å². The molecule has 1 aliphatic heterocycles. The number of para-hydroxylation sites is 1. The molecule has 1 aliphatic rings. The molecule has 2 heterocycles. The van der Waals surface area contributed by atoms with Gasteiger partial charge in [0.15, 0.2) is 0 Å². The third kappa shape index (κ3) is 3.89. The summed E-state index contributed by atoms with van der Waals surface area (Å²) in [4.78, 5) is 12.7. The van der Waals surface area contributed by atoms with Crippen LogP contribution in [-0.4, -0.2) is 51.0 Å². The van der Waals surface area contributed by atoms with E-state index in [0.717, 1.165) is 17.0 Å². The van der Waals surface area contributed by atoms with E-state index < -0.39 is 14.9 Å². The molecule has 0 spiro atoms. The molecule has 4 rings (SSSR count). The molecular formula is C20H21N3O6S. The van der Waals surface area contributed by atoms with Crippen molar-refractivity contribution >= 4 is 32.4 Å². The summed E-state index contributed by atoms with van der Waals surface area (Å²) in [7, 11) is -2.12. The molecule has 9 nitrogen and oxygen atoms in total. The number of morpholine rings is 1. The van der Waals surface area contributed by atoms with Crippen LogP contribution in [0.2, 0.25) is 0 Å². The molecule has 30 heavy (non-hydrogen) atoms. The van der Waals surface area contributed by atoms with Crippen molar-refractivity contribution in [2.24, 2.45) is 0 Å². The second kappa shape index (κ2) is 8.05. The summed E-state index contributed by atoms with van der Waals surface area (Å²) in [6, 6.07) is 13.4. The maximum absolute atomic E-state index is 12.9. The first-order valence-electron chi connectivity index (χ1n) is 9.41. The van der Waals surface area contributed by atoms with Gasteiger partial charge in [0.1, 0.15) is 17.0 Å². The average Bonchev–Trinajstić information content (AvgIpc) is 3.16. The molecule has 2 aromatic carbocycles. The SMILES string of the molecule is CN(Cc1cc2ccccc2o1)c1ccc(S(=O)(=O)N2CCOCC2)cc1[N+](=O)[O-]. The first-order valence-corrected chi connectivity index (χ1v) is 10.9. The fraction of sp³-hybridized carbons (Fsp3) is 0.300. The maximum atomic E-state index is 12.9. The van der Waals surface area contributed by atoms with Gasteiger partial charge in [-0.1, -0.05) is 18.2 Å². The van der Waals surface area contributed by atoms with Crippen molar-refractivity contribution < 1.29 is 22.5 Å². The number of hydrogen-bond donors (Lipinski definition) is 0. The van der Waals surface area contributed by atoms with Crippen LogP contribution in [0.1, 0.15) is 5.76 Å². The van der Waals surface area contributed by atoms with E-state index >= 15 is 0 Å². The highest BCUT2D eigenvalue weighted by Crippen LogP contribution is 2.32. The largest absolute Gasteiger partial charge is 0.459 e. The number of benzene rings is 2. The van der Waals surface area contributed by atoms with Crippen LogP contribution < -0.4 is 4.90 Å². The molecular weight excluding hydrogens is 410 g/mol. The number of nitro groups is 1. The van der Waals surface area contributed by atoms with Gasteiger partial charge in [-0.15, -0.1) is 0 Å². The van der Waals surface area contributed by atoms with E-state index in [4.69, 9.17) is 9.15 Å². The third-order valence-corrected chi connectivity index (χ3v) is 6.93. The van der Waals surface area contributed by atoms with Crippen LogP contribution in [-0.2, 0) is 21.3 Å². The Bertz CT molecular complexity index is 1150. The molecule has 0 amide bonds. The molecule has 3 aromatic rings. The summed E-state index contributed by atoms with van der Waals surface area (Å²) in [5.74, 6) is 0.651. The van der Waals surface area contributed by atoms with Crippen molar-refractivity contribution in [3.05, 3.63) is 64.4 Å². The highest BCUT2D eigenvalue weighted by molar-refractivity contribution is 7.89. The van der Waals surface area contributed by atoms with Gasteiger partial charge in [-0.25, -0.2) is 8.42 Å². The number of nitrogens with zero attached hydrogens (tertiary/aromatic N) is 3. The molecule has 0 N–H and O–H groups in total. The van der Waals surface area contributed by atoms with Crippen molar-refractivity contribution in [1.82, 2.24) is 4.31 Å². The zero-order chi connectivity index (χ0) is 21.3. The van der Waals surface area contributed by atoms with Gasteiger partial charge in [-0.05, 0) is 24.3 Å². The van der Waals surface area contributed by atoms with Gasteiger partial charge < -0.3 is 14.1 Å². The molecule has 158 valence electrons. The maximum Gasteiger partial charge on any atom is 0.293 e. The van der Waals surface area contributed by atoms with Crippen LogP contribution in [0.3, 0.4) is 0 Å². The fourth-order valence-electron chi connectivity index (χ4n) is 3.50. The van der Waals surface area contributed by atoms with Crippen molar-refractivity contribution in [2.75, 3.05) is 38.3 Å². The van der Waals surface area contributed by atoms with Crippen LogP contribution in [0.15, 0.2) is 57.8 Å². The number of rotatable bonds is 6. The molecule has 1 aromatic heterocycles. The Morgan fingerprint density at radius 1 is 1.13 bits per heavy atom. The van der Waals surface area contributed by atoms with Gasteiger partial charge in [0.05, 0.1) is 29.6 Å². The lowest BCUT2D eigenvalue weighted by Gasteiger charge is -2.26. The third-order valence-electron chi connectivity index (χ3n) is 5.03. The van der Waals surface area contributed by atoms with E-state index in [0.29, 0.717) is 31.2 Å². The van der Waals surface area contributed by atoms with Crippen LogP contribution in [0, 0.1) is 10.1 Å². The van der Waals surface area contributed by atoms with E-state index in [1.54, 1.807) is 11.9 Å². The Balaban J connectivity index is 1.63. The summed E-state index contributed by atoms with van der Waals surface area (Å²) in [5, 5.41) is 12.6. The van der Waals surface area contributed by atoms with Gasteiger partial charge in [-0.3, -0.25) is 10.1 Å². The molecule has 0 radical (unpaired) electrons. The zero-order valence-corrected chi connectivity index (χ0v) is 17.2. The molecule has 0 aliphatic carbocycles. The predicted octanol–water partition coefficient (Wildman–Crippen LogP) is 3.00. The smallest absolute Gasteiger partial charge is 0.293 e. The summed E-state index contributed by atoms with van der Waals surface area (Å²) in [5.41, 5.74) is 0.770. The number of sulfonamides is 1. The molecule has 0 bridgehead atoms. The topological polar surface area (TPSA) is 106 Å². The number of ether oxygens (including phenoxy) is 1. The second-order valence-electron chi connectivity index (χ2n) is 7.03. The standard InChI is InChI=1S/C20H21N3O6S/c1-21(14-16-12-15-4-2-3-5-20(15)29-16)18-7-6-17(13-19(18)23(24)25)30(26,27)22-8-10-28-11-9-22/h2-7,12-13H,8-11,14H2,1H3. The van der Waals surface area contributed by atoms with Gasteiger partial charge >= 0.3 is 0 Å². The monoisotopic (exact) mass is 431 g/mol. The quantitative estimate of drug-likeness (QED) is 0.436. The van der Waals surface area contributed by atoms with Crippen molar-refractivity contribution in [2.45, 2.75) is 11.4 Å². The highest BCUT2D eigenvalue weighted by atomic mass is 32.2. The highest BCUT2D eigenvalue weighted by Gasteiger charge is 2.29. The summed E-state index contributed by atoms with van der Waals surface area (Å²) < 4.78 is 38.0. The van der Waals surface area contributed by atoms with E-state index in [2.05, 4.69) is 0 Å². The van der Waals surface area contributed by atoms with Gasteiger partial charge in [0, 0.05) is 31.6 Å². The zero-order valence-electron chi connectivity index (χ0n) is 16.4. The van der Waals surface area contributed by atoms with E-state index in [9.17, 15) is 18.5 Å². The van der Waals surface area contributed by atoms with Gasteiger partial charge in [0.25, 0.3) is 5.69 Å². The number of fused-ring (bicyclic) bond motifs is 1. The molecule has 1 fully saturated rings. The molecule has 10 heteroatoms. The minimum Gasteiger partial charge on any atom is -0.459 e. The lowest BCUT2D eigenvalue weighted by molar-refractivity contribution is -0.384. The fourth-order valence-corrected chi connectivity index (χ4v) is 4.93. The number of anilines is 1. The molecule has 0 saturated carbocycles. The summed E-state index contributed by atoms with van der Waals surface area (Å²) in [6.45, 7) is 1.36. The first kappa shape index (κ1) is 20.3. The lowest BCUT2D eigenvalue weighted by Crippen LogP contribution is -2.40. The van der Waals surface area contributed by atoms with E-state index in [1.165, 1.54) is 16.4 Å². The summed E-state index contributed by atoms with van der Waals surface area (Å²) in [6.07, 6.45) is 0. The van der Waals surface area contributed by atoms with Gasteiger partial charge in [-0.2, -0.15) is 4.31 Å². The van der Waals surface area contributed by atoms with Crippen LogP contribution in [0.5, 0.6) is 0 Å². The average molecular weight is 431 g/mol. The van der Waals surface area contributed by atoms with Crippen molar-refractivity contribution in [3.63, 3.8) is 0 Å². The Hall–Kier alpha value is -2.95. The number of hydrogen-bond acceptors (Lipinski definition) is 7. The van der Waals surface area contributed by atoms with Crippen LogP contribution in [0.4, 0.5) is 11.4 Å². The first-order chi connectivity index (χ1) is 14.4. The number of nitro benzene ring substituents is 1. The molecule has 0 atom stereocenters.